The summed E-state index contributed by atoms with van der Waals surface area (Å²) in [5.74, 6) is 0.653. The SMILES string of the molecule is COc1ccc(S(=O)(=O)N2CCNC(C)C2C)cc1. The van der Waals surface area contributed by atoms with E-state index in [1.54, 1.807) is 35.7 Å². The molecule has 0 bridgehead atoms. The Bertz CT molecular complexity index is 527. The Balaban J connectivity index is 2.30. The zero-order valence-corrected chi connectivity index (χ0v) is 12.3. The van der Waals surface area contributed by atoms with Crippen LogP contribution in [0.3, 0.4) is 0 Å². The molecule has 1 heterocycles. The van der Waals surface area contributed by atoms with Crippen LogP contribution in [0.25, 0.3) is 0 Å². The summed E-state index contributed by atoms with van der Waals surface area (Å²) in [6, 6.07) is 6.62. The van der Waals surface area contributed by atoms with Gasteiger partial charge >= 0.3 is 0 Å². The van der Waals surface area contributed by atoms with E-state index in [1.165, 1.54) is 0 Å². The fourth-order valence-electron chi connectivity index (χ4n) is 2.25. The summed E-state index contributed by atoms with van der Waals surface area (Å²) in [6.07, 6.45) is 0. The number of hydrogen-bond donors (Lipinski definition) is 1. The highest BCUT2D eigenvalue weighted by Crippen LogP contribution is 2.23. The van der Waals surface area contributed by atoms with Gasteiger partial charge in [0.2, 0.25) is 10.0 Å². The molecule has 1 saturated heterocycles. The Morgan fingerprint density at radius 3 is 2.47 bits per heavy atom. The Kier molecular flexibility index (Phi) is 4.13. The summed E-state index contributed by atoms with van der Waals surface area (Å²) in [5.41, 5.74) is 0. The number of rotatable bonds is 3. The van der Waals surface area contributed by atoms with Gasteiger partial charge in [-0.15, -0.1) is 0 Å². The van der Waals surface area contributed by atoms with Gasteiger partial charge < -0.3 is 10.1 Å². The van der Waals surface area contributed by atoms with Gasteiger partial charge in [0.1, 0.15) is 5.75 Å². The molecule has 1 N–H and O–H groups in total. The number of hydrogen-bond acceptors (Lipinski definition) is 4. The molecule has 0 aliphatic carbocycles. The molecule has 0 saturated carbocycles. The summed E-state index contributed by atoms with van der Waals surface area (Å²) in [5, 5.41) is 3.28. The minimum absolute atomic E-state index is 0.0548. The zero-order chi connectivity index (χ0) is 14.0. The highest BCUT2D eigenvalue weighted by Gasteiger charge is 2.34. The second kappa shape index (κ2) is 5.48. The molecule has 5 nitrogen and oxygen atoms in total. The fraction of sp³-hybridized carbons (Fsp3) is 0.538. The van der Waals surface area contributed by atoms with Crippen molar-refractivity contribution < 1.29 is 13.2 Å². The highest BCUT2D eigenvalue weighted by atomic mass is 32.2. The quantitative estimate of drug-likeness (QED) is 0.902. The maximum Gasteiger partial charge on any atom is 0.243 e. The minimum atomic E-state index is -3.43. The van der Waals surface area contributed by atoms with Crippen LogP contribution in [0.15, 0.2) is 29.2 Å². The van der Waals surface area contributed by atoms with Crippen LogP contribution in [0, 0.1) is 0 Å². The van der Waals surface area contributed by atoms with Gasteiger partial charge in [0.05, 0.1) is 12.0 Å². The molecular formula is C13H20N2O3S. The van der Waals surface area contributed by atoms with E-state index in [-0.39, 0.29) is 12.1 Å². The van der Waals surface area contributed by atoms with Crippen molar-refractivity contribution in [2.45, 2.75) is 30.8 Å². The van der Waals surface area contributed by atoms with Crippen molar-refractivity contribution in [3.05, 3.63) is 24.3 Å². The first-order valence-corrected chi connectivity index (χ1v) is 7.80. The van der Waals surface area contributed by atoms with Crippen molar-refractivity contribution >= 4 is 10.0 Å². The molecule has 19 heavy (non-hydrogen) atoms. The van der Waals surface area contributed by atoms with Crippen molar-refractivity contribution in [1.82, 2.24) is 9.62 Å². The Labute approximate surface area is 114 Å². The molecule has 1 aromatic carbocycles. The van der Waals surface area contributed by atoms with Gasteiger partial charge in [0, 0.05) is 25.2 Å². The number of methoxy groups -OCH3 is 1. The lowest BCUT2D eigenvalue weighted by molar-refractivity contribution is 0.233. The van der Waals surface area contributed by atoms with Crippen LogP contribution < -0.4 is 10.1 Å². The maximum absolute atomic E-state index is 12.6. The second-order valence-corrected chi connectivity index (χ2v) is 6.67. The molecule has 0 radical (unpaired) electrons. The number of piperazine rings is 1. The molecule has 0 aromatic heterocycles. The number of ether oxygens (including phenoxy) is 1. The van der Waals surface area contributed by atoms with Crippen LogP contribution in [0.4, 0.5) is 0 Å². The van der Waals surface area contributed by atoms with Gasteiger partial charge in [-0.05, 0) is 38.1 Å². The largest absolute Gasteiger partial charge is 0.497 e. The number of benzene rings is 1. The topological polar surface area (TPSA) is 58.6 Å². The first-order chi connectivity index (χ1) is 8.96. The number of nitrogens with one attached hydrogen (secondary N) is 1. The molecule has 2 rings (SSSR count). The first-order valence-electron chi connectivity index (χ1n) is 6.36. The lowest BCUT2D eigenvalue weighted by atomic mass is 10.1. The van der Waals surface area contributed by atoms with E-state index in [4.69, 9.17) is 4.74 Å². The third kappa shape index (κ3) is 2.75. The molecule has 2 atom stereocenters. The smallest absolute Gasteiger partial charge is 0.243 e. The lowest BCUT2D eigenvalue weighted by Gasteiger charge is -2.37. The third-order valence-corrected chi connectivity index (χ3v) is 5.64. The molecule has 6 heteroatoms. The second-order valence-electron chi connectivity index (χ2n) is 4.77. The van der Waals surface area contributed by atoms with Gasteiger partial charge in [-0.25, -0.2) is 8.42 Å². The predicted octanol–water partition coefficient (Wildman–Crippen LogP) is 1.07. The molecule has 1 fully saturated rings. The van der Waals surface area contributed by atoms with E-state index in [9.17, 15) is 8.42 Å². The summed E-state index contributed by atoms with van der Waals surface area (Å²) < 4.78 is 31.8. The van der Waals surface area contributed by atoms with Crippen LogP contribution in [-0.4, -0.2) is 45.0 Å². The average Bonchev–Trinajstić information content (AvgIpc) is 2.41. The summed E-state index contributed by atoms with van der Waals surface area (Å²) in [7, 11) is -1.87. The van der Waals surface area contributed by atoms with E-state index in [2.05, 4.69) is 5.32 Å². The summed E-state index contributed by atoms with van der Waals surface area (Å²) in [4.78, 5) is 0.314. The van der Waals surface area contributed by atoms with E-state index >= 15 is 0 Å². The first kappa shape index (κ1) is 14.3. The lowest BCUT2D eigenvalue weighted by Crippen LogP contribution is -2.57. The summed E-state index contributed by atoms with van der Waals surface area (Å²) in [6.45, 7) is 5.11. The number of nitrogens with zero attached hydrogens (tertiary/aromatic N) is 1. The predicted molar refractivity (Wildman–Crippen MR) is 73.8 cm³/mol. The Morgan fingerprint density at radius 1 is 1.26 bits per heavy atom. The van der Waals surface area contributed by atoms with Crippen LogP contribution in [-0.2, 0) is 10.0 Å². The Morgan fingerprint density at radius 2 is 1.89 bits per heavy atom. The van der Waals surface area contributed by atoms with Crippen LogP contribution >= 0.6 is 0 Å². The van der Waals surface area contributed by atoms with E-state index in [1.807, 2.05) is 13.8 Å². The van der Waals surface area contributed by atoms with Crippen molar-refractivity contribution in [2.24, 2.45) is 0 Å². The monoisotopic (exact) mass is 284 g/mol. The average molecular weight is 284 g/mol. The molecule has 1 aliphatic heterocycles. The molecule has 1 aromatic rings. The van der Waals surface area contributed by atoms with Crippen LogP contribution in [0.5, 0.6) is 5.75 Å². The maximum atomic E-state index is 12.6. The van der Waals surface area contributed by atoms with E-state index in [0.29, 0.717) is 23.7 Å². The Hall–Kier alpha value is -1.11. The van der Waals surface area contributed by atoms with Gasteiger partial charge in [-0.3, -0.25) is 0 Å². The molecule has 106 valence electrons. The van der Waals surface area contributed by atoms with Crippen molar-refractivity contribution in [3.8, 4) is 5.75 Å². The molecule has 1 aliphatic rings. The van der Waals surface area contributed by atoms with Crippen molar-refractivity contribution in [1.29, 1.82) is 0 Å². The van der Waals surface area contributed by atoms with Gasteiger partial charge in [-0.2, -0.15) is 4.31 Å². The van der Waals surface area contributed by atoms with Crippen molar-refractivity contribution in [2.75, 3.05) is 20.2 Å². The van der Waals surface area contributed by atoms with Crippen LogP contribution in [0.1, 0.15) is 13.8 Å². The van der Waals surface area contributed by atoms with Crippen molar-refractivity contribution in [3.63, 3.8) is 0 Å². The fourth-order valence-corrected chi connectivity index (χ4v) is 3.95. The normalized spacial score (nSPS) is 25.2. The van der Waals surface area contributed by atoms with Gasteiger partial charge in [0.15, 0.2) is 0 Å². The molecule has 0 spiro atoms. The summed E-state index contributed by atoms with van der Waals surface area (Å²) >= 11 is 0. The molecule has 2 unspecified atom stereocenters. The van der Waals surface area contributed by atoms with Crippen LogP contribution in [0.2, 0.25) is 0 Å². The van der Waals surface area contributed by atoms with Gasteiger partial charge in [-0.1, -0.05) is 0 Å². The standard InChI is InChI=1S/C13H20N2O3S/c1-10-11(2)15(9-8-14-10)19(16,17)13-6-4-12(18-3)5-7-13/h4-7,10-11,14H,8-9H2,1-3H3. The minimum Gasteiger partial charge on any atom is -0.497 e. The van der Waals surface area contributed by atoms with Gasteiger partial charge in [0.25, 0.3) is 0 Å². The van der Waals surface area contributed by atoms with E-state index in [0.717, 1.165) is 0 Å². The molecular weight excluding hydrogens is 264 g/mol. The third-order valence-electron chi connectivity index (χ3n) is 3.64. The molecule has 0 amide bonds. The highest BCUT2D eigenvalue weighted by molar-refractivity contribution is 7.89. The zero-order valence-electron chi connectivity index (χ0n) is 11.5. The van der Waals surface area contributed by atoms with E-state index < -0.39 is 10.0 Å². The number of sulfonamides is 1.